The van der Waals surface area contributed by atoms with E-state index in [1.807, 2.05) is 0 Å². The molecule has 0 spiro atoms. The van der Waals surface area contributed by atoms with Gasteiger partial charge in [-0.1, -0.05) is 0 Å². The highest BCUT2D eigenvalue weighted by molar-refractivity contribution is 7.89. The standard InChI is InChI=1S/C8H16N2O2S/c11-13(12,10-5-2-6-10)8-3-1-4-9-7-8/h8-9H,1-7H2. The molecule has 1 N–H and O–H groups in total. The molecule has 0 aromatic heterocycles. The van der Waals surface area contributed by atoms with Crippen LogP contribution in [0.5, 0.6) is 0 Å². The number of nitrogens with zero attached hydrogens (tertiary/aromatic N) is 1. The number of nitrogens with one attached hydrogen (secondary N) is 1. The minimum absolute atomic E-state index is 0.165. The van der Waals surface area contributed by atoms with Crippen LogP contribution in [-0.4, -0.2) is 44.2 Å². The number of hydrogen-bond donors (Lipinski definition) is 1. The van der Waals surface area contributed by atoms with Crippen molar-refractivity contribution in [1.29, 1.82) is 0 Å². The zero-order chi connectivity index (χ0) is 9.31. The van der Waals surface area contributed by atoms with Crippen LogP contribution in [0.3, 0.4) is 0 Å². The fourth-order valence-electron chi connectivity index (χ4n) is 1.83. The van der Waals surface area contributed by atoms with Crippen LogP contribution >= 0.6 is 0 Å². The third-order valence-electron chi connectivity index (χ3n) is 2.85. The third kappa shape index (κ3) is 1.73. The van der Waals surface area contributed by atoms with E-state index in [4.69, 9.17) is 0 Å². The van der Waals surface area contributed by atoms with Crippen molar-refractivity contribution in [3.63, 3.8) is 0 Å². The van der Waals surface area contributed by atoms with Gasteiger partial charge >= 0.3 is 0 Å². The van der Waals surface area contributed by atoms with Crippen LogP contribution in [-0.2, 0) is 10.0 Å². The van der Waals surface area contributed by atoms with Gasteiger partial charge in [0.05, 0.1) is 5.25 Å². The zero-order valence-electron chi connectivity index (χ0n) is 7.70. The average Bonchev–Trinajstić information content (AvgIpc) is 2.02. The average molecular weight is 204 g/mol. The quantitative estimate of drug-likeness (QED) is 0.676. The van der Waals surface area contributed by atoms with Gasteiger partial charge in [0.15, 0.2) is 0 Å². The van der Waals surface area contributed by atoms with Crippen LogP contribution in [0.25, 0.3) is 0 Å². The number of rotatable bonds is 2. The Bertz CT molecular complexity index is 266. The maximum atomic E-state index is 11.9. The van der Waals surface area contributed by atoms with E-state index in [1.54, 1.807) is 4.31 Å². The molecule has 2 heterocycles. The van der Waals surface area contributed by atoms with Crippen molar-refractivity contribution < 1.29 is 8.42 Å². The third-order valence-corrected chi connectivity index (χ3v) is 5.18. The Labute approximate surface area is 79.4 Å². The molecule has 0 saturated carbocycles. The second-order valence-corrected chi connectivity index (χ2v) is 5.98. The van der Waals surface area contributed by atoms with Gasteiger partial charge in [-0.25, -0.2) is 12.7 Å². The predicted octanol–water partition coefficient (Wildman–Crippen LogP) is -0.226. The molecule has 2 saturated heterocycles. The van der Waals surface area contributed by atoms with E-state index in [0.29, 0.717) is 6.54 Å². The van der Waals surface area contributed by atoms with Crippen LogP contribution in [0.2, 0.25) is 0 Å². The van der Waals surface area contributed by atoms with Crippen LogP contribution in [0.4, 0.5) is 0 Å². The summed E-state index contributed by atoms with van der Waals surface area (Å²) in [6, 6.07) is 0. The summed E-state index contributed by atoms with van der Waals surface area (Å²) in [5, 5.41) is 2.97. The molecule has 5 heteroatoms. The van der Waals surface area contributed by atoms with Crippen molar-refractivity contribution in [3.8, 4) is 0 Å². The fourth-order valence-corrected chi connectivity index (χ4v) is 3.81. The molecule has 0 radical (unpaired) electrons. The van der Waals surface area contributed by atoms with Gasteiger partial charge in [-0.3, -0.25) is 0 Å². The Hall–Kier alpha value is -0.130. The van der Waals surface area contributed by atoms with Gasteiger partial charge in [0.25, 0.3) is 0 Å². The van der Waals surface area contributed by atoms with Crippen LogP contribution < -0.4 is 5.32 Å². The molecular weight excluding hydrogens is 188 g/mol. The van der Waals surface area contributed by atoms with Gasteiger partial charge in [0.1, 0.15) is 0 Å². The molecule has 0 aliphatic carbocycles. The van der Waals surface area contributed by atoms with Gasteiger partial charge in [0, 0.05) is 19.6 Å². The van der Waals surface area contributed by atoms with Crippen molar-refractivity contribution in [3.05, 3.63) is 0 Å². The van der Waals surface area contributed by atoms with Gasteiger partial charge in [-0.05, 0) is 25.8 Å². The number of piperidine rings is 1. The van der Waals surface area contributed by atoms with E-state index < -0.39 is 10.0 Å². The van der Waals surface area contributed by atoms with E-state index in [-0.39, 0.29) is 5.25 Å². The highest BCUT2D eigenvalue weighted by atomic mass is 32.2. The Balaban J connectivity index is 2.03. The first kappa shape index (κ1) is 9.43. The first-order valence-electron chi connectivity index (χ1n) is 4.91. The van der Waals surface area contributed by atoms with Crippen LogP contribution in [0.15, 0.2) is 0 Å². The molecule has 2 fully saturated rings. The molecule has 2 rings (SSSR count). The summed E-state index contributed by atoms with van der Waals surface area (Å²) in [5.41, 5.74) is 0. The minimum Gasteiger partial charge on any atom is -0.315 e. The summed E-state index contributed by atoms with van der Waals surface area (Å²) in [5.74, 6) is 0. The lowest BCUT2D eigenvalue weighted by atomic mass is 10.2. The van der Waals surface area contributed by atoms with Gasteiger partial charge < -0.3 is 5.32 Å². The SMILES string of the molecule is O=S(=O)(C1CCCNC1)N1CCC1. The molecule has 13 heavy (non-hydrogen) atoms. The van der Waals surface area contributed by atoms with Gasteiger partial charge in [-0.15, -0.1) is 0 Å². The van der Waals surface area contributed by atoms with E-state index in [2.05, 4.69) is 5.32 Å². The predicted molar refractivity (Wildman–Crippen MR) is 51.0 cm³/mol. The molecule has 2 aliphatic heterocycles. The molecule has 0 aromatic carbocycles. The molecule has 2 aliphatic rings. The Kier molecular flexibility index (Phi) is 2.58. The summed E-state index contributed by atoms with van der Waals surface area (Å²) >= 11 is 0. The molecule has 4 nitrogen and oxygen atoms in total. The van der Waals surface area contributed by atoms with E-state index >= 15 is 0 Å². The van der Waals surface area contributed by atoms with E-state index in [0.717, 1.165) is 38.9 Å². The first-order valence-corrected chi connectivity index (χ1v) is 6.41. The van der Waals surface area contributed by atoms with Crippen molar-refractivity contribution >= 4 is 10.0 Å². The second kappa shape index (κ2) is 3.55. The Morgan fingerprint density at radius 2 is 2.00 bits per heavy atom. The number of sulfonamides is 1. The van der Waals surface area contributed by atoms with Crippen molar-refractivity contribution in [2.24, 2.45) is 0 Å². The maximum absolute atomic E-state index is 11.9. The second-order valence-electron chi connectivity index (χ2n) is 3.77. The van der Waals surface area contributed by atoms with Crippen LogP contribution in [0.1, 0.15) is 19.3 Å². The topological polar surface area (TPSA) is 49.4 Å². The smallest absolute Gasteiger partial charge is 0.218 e. The summed E-state index contributed by atoms with van der Waals surface area (Å²) < 4.78 is 25.3. The van der Waals surface area contributed by atoms with Gasteiger partial charge in [-0.2, -0.15) is 0 Å². The highest BCUT2D eigenvalue weighted by Gasteiger charge is 2.35. The largest absolute Gasteiger partial charge is 0.315 e. The van der Waals surface area contributed by atoms with Crippen molar-refractivity contribution in [1.82, 2.24) is 9.62 Å². The molecule has 1 unspecified atom stereocenters. The normalized spacial score (nSPS) is 31.2. The Morgan fingerprint density at radius 1 is 1.23 bits per heavy atom. The Morgan fingerprint density at radius 3 is 2.46 bits per heavy atom. The lowest BCUT2D eigenvalue weighted by Crippen LogP contribution is -2.50. The maximum Gasteiger partial charge on any atom is 0.218 e. The monoisotopic (exact) mass is 204 g/mol. The molecule has 0 bridgehead atoms. The fraction of sp³-hybridized carbons (Fsp3) is 1.00. The molecule has 76 valence electrons. The summed E-state index contributed by atoms with van der Waals surface area (Å²) in [6.45, 7) is 3.07. The lowest BCUT2D eigenvalue weighted by molar-refractivity contribution is 0.301. The molecule has 0 amide bonds. The van der Waals surface area contributed by atoms with E-state index in [1.165, 1.54) is 0 Å². The molecule has 0 aromatic rings. The highest BCUT2D eigenvalue weighted by Crippen LogP contribution is 2.20. The van der Waals surface area contributed by atoms with E-state index in [9.17, 15) is 8.42 Å². The zero-order valence-corrected chi connectivity index (χ0v) is 8.52. The molecule has 1 atom stereocenters. The lowest BCUT2D eigenvalue weighted by Gasteiger charge is -2.34. The van der Waals surface area contributed by atoms with Crippen molar-refractivity contribution in [2.45, 2.75) is 24.5 Å². The first-order chi connectivity index (χ1) is 6.21. The summed E-state index contributed by atoms with van der Waals surface area (Å²) in [7, 11) is -2.95. The van der Waals surface area contributed by atoms with Gasteiger partial charge in [0.2, 0.25) is 10.0 Å². The minimum atomic E-state index is -2.95. The number of hydrogen-bond acceptors (Lipinski definition) is 3. The van der Waals surface area contributed by atoms with Crippen molar-refractivity contribution in [2.75, 3.05) is 26.2 Å². The summed E-state index contributed by atoms with van der Waals surface area (Å²) in [6.07, 6.45) is 2.84. The summed E-state index contributed by atoms with van der Waals surface area (Å²) in [4.78, 5) is 0. The molecular formula is C8H16N2O2S. The van der Waals surface area contributed by atoms with Crippen LogP contribution in [0, 0.1) is 0 Å².